The summed E-state index contributed by atoms with van der Waals surface area (Å²) in [5.74, 6) is 1.88. The summed E-state index contributed by atoms with van der Waals surface area (Å²) in [5.41, 5.74) is 12.4. The zero-order chi connectivity index (χ0) is 29.1. The van der Waals surface area contributed by atoms with Crippen molar-refractivity contribution in [2.75, 3.05) is 31.2 Å². The molecule has 0 amide bonds. The van der Waals surface area contributed by atoms with Gasteiger partial charge >= 0.3 is 0 Å². The smallest absolute Gasteiger partial charge is 0.164 e. The maximum absolute atomic E-state index is 6.50. The molecular weight excluding hydrogens is 486 g/mol. The van der Waals surface area contributed by atoms with Crippen molar-refractivity contribution in [2.45, 2.75) is 68.4 Å². The molecule has 5 rings (SSSR count). The maximum atomic E-state index is 6.50. The molecule has 1 aromatic carbocycles. The van der Waals surface area contributed by atoms with Crippen molar-refractivity contribution in [2.24, 2.45) is 18.7 Å². The maximum Gasteiger partial charge on any atom is 0.164 e. The predicted molar refractivity (Wildman–Crippen MR) is 165 cm³/mol. The molecule has 8 nitrogen and oxygen atoms in total. The van der Waals surface area contributed by atoms with Crippen LogP contribution in [0.5, 0.6) is 0 Å². The zero-order valence-electron chi connectivity index (χ0n) is 25.7. The quantitative estimate of drug-likeness (QED) is 0.306. The Hall–Kier alpha value is -3.23. The van der Waals surface area contributed by atoms with Crippen molar-refractivity contribution >= 4 is 16.9 Å². The number of ether oxygens (including phenoxy) is 1. The van der Waals surface area contributed by atoms with Gasteiger partial charge < -0.3 is 19.9 Å². The molecule has 3 aromatic heterocycles. The third-order valence-electron chi connectivity index (χ3n) is 6.33. The number of imidazole rings is 1. The van der Waals surface area contributed by atoms with Gasteiger partial charge in [0.25, 0.3) is 0 Å². The molecule has 2 N–H and O–H groups in total. The fraction of sp³-hybridized carbons (Fsp3) is 0.516. The largest absolute Gasteiger partial charge is 0.378 e. The van der Waals surface area contributed by atoms with E-state index >= 15 is 0 Å². The number of nitrogens with two attached hydrogens (primary N) is 1. The van der Waals surface area contributed by atoms with Gasteiger partial charge in [0, 0.05) is 38.0 Å². The summed E-state index contributed by atoms with van der Waals surface area (Å²) in [6.07, 6.45) is 1.96. The van der Waals surface area contributed by atoms with Crippen LogP contribution in [0.4, 0.5) is 5.69 Å². The Kier molecular flexibility index (Phi) is 12.6. The highest BCUT2D eigenvalue weighted by Gasteiger charge is 2.24. The standard InChI is InChI=1S/C25H31N7O.3C2H6/c1-16(2)22(26)24-28-23-20(31-10-12-33-13-11-31)15-21(27-25(23)30(24)4)32-9-8-19(29-32)18-7-5-6-17(3)14-18;3*1-2/h5-9,14-16,22H,10-13,26H2,1-4H3;3*1-2H3. The summed E-state index contributed by atoms with van der Waals surface area (Å²) in [7, 11) is 1.99. The van der Waals surface area contributed by atoms with Crippen LogP contribution in [0.25, 0.3) is 28.2 Å². The Labute approximate surface area is 235 Å². The molecule has 0 spiro atoms. The number of hydrogen-bond donors (Lipinski definition) is 1. The highest BCUT2D eigenvalue weighted by Crippen LogP contribution is 2.31. The van der Waals surface area contributed by atoms with Gasteiger partial charge in [0.05, 0.1) is 30.6 Å². The number of benzene rings is 1. The molecule has 0 saturated carbocycles. The minimum absolute atomic E-state index is 0.164. The van der Waals surface area contributed by atoms with E-state index in [1.807, 2.05) is 70.1 Å². The molecule has 0 aliphatic carbocycles. The second kappa shape index (κ2) is 15.4. The minimum atomic E-state index is -0.164. The third kappa shape index (κ3) is 7.25. The molecule has 1 atom stereocenters. The van der Waals surface area contributed by atoms with Crippen molar-refractivity contribution < 1.29 is 4.74 Å². The Morgan fingerprint density at radius 1 is 0.923 bits per heavy atom. The van der Waals surface area contributed by atoms with E-state index in [1.165, 1.54) is 5.56 Å². The Bertz CT molecular complexity index is 1290. The van der Waals surface area contributed by atoms with Gasteiger partial charge in [-0.1, -0.05) is 79.2 Å². The van der Waals surface area contributed by atoms with Gasteiger partial charge in [-0.2, -0.15) is 5.10 Å². The van der Waals surface area contributed by atoms with Crippen molar-refractivity contribution in [1.82, 2.24) is 24.3 Å². The lowest BCUT2D eigenvalue weighted by Gasteiger charge is -2.29. The van der Waals surface area contributed by atoms with E-state index in [9.17, 15) is 0 Å². The molecule has 1 aliphatic rings. The normalized spacial score (nSPS) is 13.6. The fourth-order valence-corrected chi connectivity index (χ4v) is 4.31. The summed E-state index contributed by atoms with van der Waals surface area (Å²) in [5, 5.41) is 4.84. The molecule has 39 heavy (non-hydrogen) atoms. The second-order valence-corrected chi connectivity index (χ2v) is 9.09. The van der Waals surface area contributed by atoms with E-state index < -0.39 is 0 Å². The van der Waals surface area contributed by atoms with Crippen LogP contribution in [0, 0.1) is 12.8 Å². The fourth-order valence-electron chi connectivity index (χ4n) is 4.31. The van der Waals surface area contributed by atoms with E-state index in [2.05, 4.69) is 56.0 Å². The third-order valence-corrected chi connectivity index (χ3v) is 6.33. The monoisotopic (exact) mass is 535 g/mol. The molecule has 8 heteroatoms. The Morgan fingerprint density at radius 2 is 1.59 bits per heavy atom. The Balaban J connectivity index is 0.000000833. The molecule has 1 unspecified atom stereocenters. The number of aryl methyl sites for hydroxylation is 2. The summed E-state index contributed by atoms with van der Waals surface area (Å²) < 4.78 is 9.46. The molecule has 4 heterocycles. The van der Waals surface area contributed by atoms with E-state index in [4.69, 9.17) is 25.5 Å². The first kappa shape index (κ1) is 32.0. The Morgan fingerprint density at radius 3 is 2.21 bits per heavy atom. The first-order valence-corrected chi connectivity index (χ1v) is 14.5. The van der Waals surface area contributed by atoms with Crippen molar-refractivity contribution in [1.29, 1.82) is 0 Å². The topological polar surface area (TPSA) is 87.0 Å². The number of fused-ring (bicyclic) bond motifs is 1. The first-order valence-electron chi connectivity index (χ1n) is 14.5. The molecule has 1 aliphatic heterocycles. The van der Waals surface area contributed by atoms with Crippen LogP contribution in [-0.4, -0.2) is 50.6 Å². The molecule has 1 fully saturated rings. The number of rotatable bonds is 5. The van der Waals surface area contributed by atoms with E-state index in [-0.39, 0.29) is 12.0 Å². The van der Waals surface area contributed by atoms with Crippen LogP contribution in [0.1, 0.15) is 72.8 Å². The summed E-state index contributed by atoms with van der Waals surface area (Å²) in [4.78, 5) is 12.3. The van der Waals surface area contributed by atoms with Gasteiger partial charge in [-0.3, -0.25) is 0 Å². The average molecular weight is 536 g/mol. The lowest BCUT2D eigenvalue weighted by molar-refractivity contribution is 0.123. The SMILES string of the molecule is CC.CC.CC.Cc1cccc(-c2ccn(-c3cc(N4CCOCC4)c4nc(C(N)C(C)C)n(C)c4n3)n2)c1. The summed E-state index contributed by atoms with van der Waals surface area (Å²) in [6.45, 7) is 21.3. The van der Waals surface area contributed by atoms with Gasteiger partial charge in [-0.25, -0.2) is 14.6 Å². The van der Waals surface area contributed by atoms with Gasteiger partial charge in [0.1, 0.15) is 11.3 Å². The predicted octanol–water partition coefficient (Wildman–Crippen LogP) is 6.70. The first-order chi connectivity index (χ1) is 18.9. The van der Waals surface area contributed by atoms with Gasteiger partial charge in [-0.15, -0.1) is 0 Å². The van der Waals surface area contributed by atoms with E-state index in [0.29, 0.717) is 13.2 Å². The lowest BCUT2D eigenvalue weighted by Crippen LogP contribution is -2.36. The van der Waals surface area contributed by atoms with Crippen LogP contribution >= 0.6 is 0 Å². The second-order valence-electron chi connectivity index (χ2n) is 9.09. The zero-order valence-corrected chi connectivity index (χ0v) is 25.7. The molecular formula is C31H49N7O. The number of aromatic nitrogens is 5. The van der Waals surface area contributed by atoms with Crippen LogP contribution in [-0.2, 0) is 11.8 Å². The number of nitrogens with zero attached hydrogens (tertiary/aromatic N) is 6. The van der Waals surface area contributed by atoms with Crippen LogP contribution < -0.4 is 10.6 Å². The molecule has 0 radical (unpaired) electrons. The number of anilines is 1. The molecule has 1 saturated heterocycles. The van der Waals surface area contributed by atoms with Crippen LogP contribution in [0.2, 0.25) is 0 Å². The van der Waals surface area contributed by atoms with Crippen LogP contribution in [0.3, 0.4) is 0 Å². The summed E-state index contributed by atoms with van der Waals surface area (Å²) >= 11 is 0. The highest BCUT2D eigenvalue weighted by molar-refractivity contribution is 5.88. The molecule has 0 bridgehead atoms. The average Bonchev–Trinajstić information content (AvgIpc) is 3.61. The number of pyridine rings is 1. The highest BCUT2D eigenvalue weighted by atomic mass is 16.5. The molecule has 4 aromatic rings. The van der Waals surface area contributed by atoms with E-state index in [1.54, 1.807) is 0 Å². The van der Waals surface area contributed by atoms with Crippen molar-refractivity contribution in [3.05, 3.63) is 54.0 Å². The van der Waals surface area contributed by atoms with Crippen molar-refractivity contribution in [3.63, 3.8) is 0 Å². The van der Waals surface area contributed by atoms with Crippen LogP contribution in [0.15, 0.2) is 42.6 Å². The number of hydrogen-bond acceptors (Lipinski definition) is 6. The minimum Gasteiger partial charge on any atom is -0.378 e. The summed E-state index contributed by atoms with van der Waals surface area (Å²) in [6, 6.07) is 12.3. The number of morpholine rings is 1. The van der Waals surface area contributed by atoms with E-state index in [0.717, 1.165) is 52.8 Å². The van der Waals surface area contributed by atoms with Gasteiger partial charge in [-0.05, 0) is 25.0 Å². The lowest BCUT2D eigenvalue weighted by atomic mass is 10.1. The van der Waals surface area contributed by atoms with Gasteiger partial charge in [0.2, 0.25) is 0 Å². The van der Waals surface area contributed by atoms with Crippen molar-refractivity contribution in [3.8, 4) is 17.1 Å². The van der Waals surface area contributed by atoms with Gasteiger partial charge in [0.15, 0.2) is 11.5 Å². The molecule has 214 valence electrons.